The molecule has 0 aromatic heterocycles. The topological polar surface area (TPSA) is 37.4 Å². The van der Waals surface area contributed by atoms with Crippen LogP contribution in [0.15, 0.2) is 12.1 Å². The van der Waals surface area contributed by atoms with E-state index in [0.717, 1.165) is 0 Å². The highest BCUT2D eigenvalue weighted by molar-refractivity contribution is 8.14. The summed E-state index contributed by atoms with van der Waals surface area (Å²) in [6.07, 6.45) is 0.480. The van der Waals surface area contributed by atoms with Crippen LogP contribution in [0.2, 0.25) is 0 Å². The second kappa shape index (κ2) is 6.00. The third-order valence-corrected chi connectivity index (χ3v) is 4.68. The Morgan fingerprint density at radius 1 is 1.30 bits per heavy atom. The van der Waals surface area contributed by atoms with Crippen molar-refractivity contribution < 1.29 is 9.59 Å². The maximum atomic E-state index is 12.1. The Labute approximate surface area is 124 Å². The van der Waals surface area contributed by atoms with Crippen LogP contribution in [0.1, 0.15) is 35.6 Å². The minimum Gasteiger partial charge on any atom is -0.337 e. The van der Waals surface area contributed by atoms with E-state index in [1.54, 1.807) is 6.92 Å². The molecule has 20 heavy (non-hydrogen) atoms. The van der Waals surface area contributed by atoms with Crippen LogP contribution in [0, 0.1) is 20.8 Å². The Balaban J connectivity index is 2.11. The molecule has 0 bridgehead atoms. The van der Waals surface area contributed by atoms with Crippen molar-refractivity contribution >= 4 is 22.8 Å². The van der Waals surface area contributed by atoms with Gasteiger partial charge in [-0.3, -0.25) is 9.59 Å². The maximum absolute atomic E-state index is 12.1. The summed E-state index contributed by atoms with van der Waals surface area (Å²) in [5, 5.41) is 0.207. The van der Waals surface area contributed by atoms with E-state index in [9.17, 15) is 9.59 Å². The summed E-state index contributed by atoms with van der Waals surface area (Å²) in [6, 6.07) is 4.31. The first kappa shape index (κ1) is 15.1. The lowest BCUT2D eigenvalue weighted by molar-refractivity contribution is -0.128. The number of hydrogen-bond acceptors (Lipinski definition) is 3. The third kappa shape index (κ3) is 3.42. The Hall–Kier alpha value is -1.29. The van der Waals surface area contributed by atoms with Gasteiger partial charge in [0.15, 0.2) is 5.12 Å². The molecule has 2 rings (SSSR count). The predicted molar refractivity (Wildman–Crippen MR) is 82.7 cm³/mol. The second-order valence-electron chi connectivity index (χ2n) is 5.59. The molecular weight excluding hydrogens is 270 g/mol. The number of benzene rings is 1. The SMILES string of the molecule is CC(=O)SC1CC(=O)N(Cc2c(C)cc(C)cc2C)C1. The molecule has 0 N–H and O–H groups in total. The number of hydrogen-bond donors (Lipinski definition) is 0. The van der Waals surface area contributed by atoms with Crippen molar-refractivity contribution in [3.8, 4) is 0 Å². The van der Waals surface area contributed by atoms with Crippen molar-refractivity contribution in [2.24, 2.45) is 0 Å². The Kier molecular flexibility index (Phi) is 4.53. The third-order valence-electron chi connectivity index (χ3n) is 3.70. The molecule has 4 heteroatoms. The number of carbonyl (C=O) groups excluding carboxylic acids is 2. The zero-order valence-electron chi connectivity index (χ0n) is 12.5. The fraction of sp³-hybridized carbons (Fsp3) is 0.500. The smallest absolute Gasteiger partial charge is 0.224 e. The number of likely N-dealkylation sites (tertiary alicyclic amines) is 1. The van der Waals surface area contributed by atoms with Crippen molar-refractivity contribution in [2.45, 2.75) is 45.9 Å². The summed E-state index contributed by atoms with van der Waals surface area (Å²) in [4.78, 5) is 25.1. The van der Waals surface area contributed by atoms with Crippen molar-refractivity contribution in [3.05, 3.63) is 34.4 Å². The highest BCUT2D eigenvalue weighted by Gasteiger charge is 2.31. The van der Waals surface area contributed by atoms with Crippen LogP contribution in [0.25, 0.3) is 0 Å². The second-order valence-corrected chi connectivity index (χ2v) is 7.06. The Morgan fingerprint density at radius 3 is 2.45 bits per heavy atom. The first-order chi connectivity index (χ1) is 9.36. The maximum Gasteiger partial charge on any atom is 0.224 e. The van der Waals surface area contributed by atoms with Crippen LogP contribution >= 0.6 is 11.8 Å². The van der Waals surface area contributed by atoms with E-state index in [4.69, 9.17) is 0 Å². The van der Waals surface area contributed by atoms with Crippen molar-refractivity contribution in [3.63, 3.8) is 0 Å². The van der Waals surface area contributed by atoms with Gasteiger partial charge in [-0.25, -0.2) is 0 Å². The monoisotopic (exact) mass is 291 g/mol. The van der Waals surface area contributed by atoms with Gasteiger partial charge in [0.1, 0.15) is 0 Å². The summed E-state index contributed by atoms with van der Waals surface area (Å²) in [5.41, 5.74) is 4.95. The van der Waals surface area contributed by atoms with Crippen LogP contribution in [-0.4, -0.2) is 27.7 Å². The average molecular weight is 291 g/mol. The largest absolute Gasteiger partial charge is 0.337 e. The molecule has 1 amide bonds. The van der Waals surface area contributed by atoms with Gasteiger partial charge in [0, 0.05) is 31.7 Å². The molecule has 0 saturated carbocycles. The van der Waals surface area contributed by atoms with Crippen LogP contribution in [0.3, 0.4) is 0 Å². The molecule has 108 valence electrons. The first-order valence-electron chi connectivity index (χ1n) is 6.88. The highest BCUT2D eigenvalue weighted by atomic mass is 32.2. The van der Waals surface area contributed by atoms with Crippen LogP contribution in [0.5, 0.6) is 0 Å². The van der Waals surface area contributed by atoms with E-state index in [0.29, 0.717) is 19.5 Å². The zero-order chi connectivity index (χ0) is 14.9. The molecule has 3 nitrogen and oxygen atoms in total. The molecule has 1 atom stereocenters. The Bertz CT molecular complexity index is 530. The van der Waals surface area contributed by atoms with Gasteiger partial charge < -0.3 is 4.90 Å². The standard InChI is InChI=1S/C16H21NO2S/c1-10-5-11(2)15(12(3)6-10)9-17-8-14(7-16(17)19)20-13(4)18/h5-6,14H,7-9H2,1-4H3. The quantitative estimate of drug-likeness (QED) is 0.859. The Morgan fingerprint density at radius 2 is 1.90 bits per heavy atom. The number of carbonyl (C=O) groups is 2. The molecule has 1 saturated heterocycles. The molecule has 1 aromatic rings. The molecule has 0 radical (unpaired) electrons. The molecule has 0 aliphatic carbocycles. The zero-order valence-corrected chi connectivity index (χ0v) is 13.3. The molecular formula is C16H21NO2S. The average Bonchev–Trinajstić information content (AvgIpc) is 2.63. The van der Waals surface area contributed by atoms with E-state index in [2.05, 4.69) is 32.9 Å². The molecule has 1 fully saturated rings. The van der Waals surface area contributed by atoms with Gasteiger partial charge in [-0.15, -0.1) is 0 Å². The summed E-state index contributed by atoms with van der Waals surface area (Å²) in [7, 11) is 0. The first-order valence-corrected chi connectivity index (χ1v) is 7.76. The van der Waals surface area contributed by atoms with Gasteiger partial charge in [0.2, 0.25) is 5.91 Å². The van der Waals surface area contributed by atoms with E-state index in [-0.39, 0.29) is 16.3 Å². The number of aryl methyl sites for hydroxylation is 3. The molecule has 1 heterocycles. The molecule has 1 aromatic carbocycles. The van der Waals surface area contributed by atoms with Gasteiger partial charge in [-0.1, -0.05) is 29.5 Å². The van der Waals surface area contributed by atoms with Crippen LogP contribution in [-0.2, 0) is 16.1 Å². The molecule has 1 aliphatic rings. The number of amides is 1. The van der Waals surface area contributed by atoms with Crippen molar-refractivity contribution in [2.75, 3.05) is 6.54 Å². The van der Waals surface area contributed by atoms with Gasteiger partial charge >= 0.3 is 0 Å². The van der Waals surface area contributed by atoms with Gasteiger partial charge in [-0.2, -0.15) is 0 Å². The number of nitrogens with zero attached hydrogens (tertiary/aromatic N) is 1. The normalized spacial score (nSPS) is 18.7. The molecule has 1 aliphatic heterocycles. The fourth-order valence-corrected chi connectivity index (χ4v) is 3.80. The van der Waals surface area contributed by atoms with Crippen molar-refractivity contribution in [1.82, 2.24) is 4.90 Å². The minimum absolute atomic E-state index is 0.0901. The van der Waals surface area contributed by atoms with Crippen LogP contribution in [0.4, 0.5) is 0 Å². The van der Waals surface area contributed by atoms with Crippen molar-refractivity contribution in [1.29, 1.82) is 0 Å². The van der Waals surface area contributed by atoms with E-state index in [1.165, 1.54) is 34.0 Å². The van der Waals surface area contributed by atoms with Gasteiger partial charge in [0.05, 0.1) is 0 Å². The molecule has 1 unspecified atom stereocenters. The lowest BCUT2D eigenvalue weighted by Gasteiger charge is -2.20. The lowest BCUT2D eigenvalue weighted by Crippen LogP contribution is -2.26. The van der Waals surface area contributed by atoms with Crippen LogP contribution < -0.4 is 0 Å². The van der Waals surface area contributed by atoms with E-state index in [1.807, 2.05) is 4.90 Å². The van der Waals surface area contributed by atoms with E-state index >= 15 is 0 Å². The highest BCUT2D eigenvalue weighted by Crippen LogP contribution is 2.27. The lowest BCUT2D eigenvalue weighted by atomic mass is 9.99. The summed E-state index contributed by atoms with van der Waals surface area (Å²) >= 11 is 1.29. The van der Waals surface area contributed by atoms with Gasteiger partial charge in [0.25, 0.3) is 0 Å². The summed E-state index contributed by atoms with van der Waals surface area (Å²) in [6.45, 7) is 9.17. The fourth-order valence-electron chi connectivity index (χ4n) is 2.85. The summed E-state index contributed by atoms with van der Waals surface area (Å²) in [5.74, 6) is 0.156. The van der Waals surface area contributed by atoms with E-state index < -0.39 is 0 Å². The predicted octanol–water partition coefficient (Wildman–Crippen LogP) is 2.99. The number of thioether (sulfide) groups is 1. The molecule has 0 spiro atoms. The number of rotatable bonds is 3. The summed E-state index contributed by atoms with van der Waals surface area (Å²) < 4.78 is 0. The minimum atomic E-state index is 0.0901. The van der Waals surface area contributed by atoms with Gasteiger partial charge in [-0.05, 0) is 37.5 Å².